The van der Waals surface area contributed by atoms with E-state index in [0.29, 0.717) is 13.1 Å². The Morgan fingerprint density at radius 2 is 2.00 bits per heavy atom. The van der Waals surface area contributed by atoms with Crippen LogP contribution in [0.1, 0.15) is 39.5 Å². The van der Waals surface area contributed by atoms with E-state index in [1.807, 2.05) is 0 Å². The molecule has 0 aromatic carbocycles. The Labute approximate surface area is 114 Å². The van der Waals surface area contributed by atoms with Crippen LogP contribution in [-0.2, 0) is 4.79 Å². The monoisotopic (exact) mass is 271 g/mol. The number of amides is 3. The highest BCUT2D eigenvalue weighted by molar-refractivity contribution is 5.96. The van der Waals surface area contributed by atoms with E-state index in [9.17, 15) is 14.7 Å². The summed E-state index contributed by atoms with van der Waals surface area (Å²) in [6, 6.07) is -0.921. The Hall–Kier alpha value is -1.14. The summed E-state index contributed by atoms with van der Waals surface area (Å²) < 4.78 is 0. The number of hydrogen-bond acceptors (Lipinski definition) is 4. The highest BCUT2D eigenvalue weighted by Crippen LogP contribution is 2.23. The van der Waals surface area contributed by atoms with Crippen LogP contribution in [0.15, 0.2) is 0 Å². The van der Waals surface area contributed by atoms with Gasteiger partial charge in [0.1, 0.15) is 0 Å². The first kappa shape index (κ1) is 15.9. The highest BCUT2D eigenvalue weighted by atomic mass is 16.3. The molecule has 0 radical (unpaired) electrons. The van der Waals surface area contributed by atoms with Crippen LogP contribution in [0.3, 0.4) is 0 Å². The maximum Gasteiger partial charge on any atom is 0.321 e. The lowest BCUT2D eigenvalue weighted by Gasteiger charge is -2.28. The average Bonchev–Trinajstić information content (AvgIpc) is 2.37. The Bertz CT molecular complexity index is 310. The van der Waals surface area contributed by atoms with E-state index >= 15 is 0 Å². The molecular weight excluding hydrogens is 246 g/mol. The molecule has 1 saturated carbocycles. The molecule has 1 aliphatic rings. The molecule has 1 fully saturated rings. The fourth-order valence-electron chi connectivity index (χ4n) is 2.27. The van der Waals surface area contributed by atoms with Crippen LogP contribution in [0, 0.1) is 5.92 Å². The van der Waals surface area contributed by atoms with Crippen LogP contribution >= 0.6 is 0 Å². The van der Waals surface area contributed by atoms with Gasteiger partial charge in [-0.2, -0.15) is 0 Å². The zero-order valence-electron chi connectivity index (χ0n) is 11.7. The number of carbonyl (C=O) groups is 2. The number of nitrogens with one attached hydrogen (secondary N) is 3. The van der Waals surface area contributed by atoms with E-state index in [2.05, 4.69) is 16.0 Å². The molecule has 1 aliphatic carbocycles. The largest absolute Gasteiger partial charge is 0.393 e. The van der Waals surface area contributed by atoms with E-state index in [1.54, 1.807) is 13.8 Å². The molecule has 3 atom stereocenters. The molecule has 3 unspecified atom stereocenters. The van der Waals surface area contributed by atoms with Gasteiger partial charge in [-0.05, 0) is 32.6 Å². The van der Waals surface area contributed by atoms with Crippen LogP contribution < -0.4 is 16.0 Å². The molecule has 0 saturated heterocycles. The Morgan fingerprint density at radius 1 is 1.32 bits per heavy atom. The van der Waals surface area contributed by atoms with E-state index in [1.165, 1.54) is 0 Å². The van der Waals surface area contributed by atoms with E-state index < -0.39 is 12.1 Å². The second kappa shape index (κ2) is 8.12. The SMILES string of the molecule is CCNC(=O)NC(=O)C(C)NCC1CCCCC1O. The van der Waals surface area contributed by atoms with Gasteiger partial charge in [0.15, 0.2) is 0 Å². The molecule has 0 aromatic rings. The van der Waals surface area contributed by atoms with Gasteiger partial charge >= 0.3 is 6.03 Å². The van der Waals surface area contributed by atoms with Gasteiger partial charge < -0.3 is 15.7 Å². The van der Waals surface area contributed by atoms with Crippen LogP contribution in [0.5, 0.6) is 0 Å². The molecule has 0 aliphatic heterocycles. The fourth-order valence-corrected chi connectivity index (χ4v) is 2.27. The second-order valence-corrected chi connectivity index (χ2v) is 5.09. The standard InChI is InChI=1S/C13H25N3O3/c1-3-14-13(19)16-12(18)9(2)15-8-10-6-4-5-7-11(10)17/h9-11,15,17H,3-8H2,1-2H3,(H2,14,16,18,19). The molecule has 3 amide bonds. The van der Waals surface area contributed by atoms with E-state index in [-0.39, 0.29) is 17.9 Å². The molecule has 4 N–H and O–H groups in total. The van der Waals surface area contributed by atoms with Gasteiger partial charge in [0.25, 0.3) is 0 Å². The number of urea groups is 1. The Kier molecular flexibility index (Phi) is 6.80. The lowest BCUT2D eigenvalue weighted by atomic mass is 9.86. The minimum atomic E-state index is -0.473. The molecular formula is C13H25N3O3. The van der Waals surface area contributed by atoms with Gasteiger partial charge in [0, 0.05) is 13.1 Å². The van der Waals surface area contributed by atoms with E-state index in [0.717, 1.165) is 25.7 Å². The van der Waals surface area contributed by atoms with Crippen molar-refractivity contribution in [1.29, 1.82) is 0 Å². The number of aliphatic hydroxyl groups excluding tert-OH is 1. The summed E-state index contributed by atoms with van der Waals surface area (Å²) in [5.41, 5.74) is 0. The van der Waals surface area contributed by atoms with Crippen molar-refractivity contribution in [3.05, 3.63) is 0 Å². The molecule has 0 aromatic heterocycles. The number of carbonyl (C=O) groups excluding carboxylic acids is 2. The summed E-state index contributed by atoms with van der Waals surface area (Å²) in [5.74, 6) is -0.148. The van der Waals surface area contributed by atoms with Crippen molar-refractivity contribution >= 4 is 11.9 Å². The molecule has 0 spiro atoms. The maximum absolute atomic E-state index is 11.7. The number of hydrogen-bond donors (Lipinski definition) is 4. The van der Waals surface area contributed by atoms with Gasteiger partial charge in [-0.1, -0.05) is 12.8 Å². The van der Waals surface area contributed by atoms with Crippen LogP contribution in [0.4, 0.5) is 4.79 Å². The first-order valence-electron chi connectivity index (χ1n) is 7.04. The lowest BCUT2D eigenvalue weighted by molar-refractivity contribution is -0.121. The first-order valence-corrected chi connectivity index (χ1v) is 7.04. The van der Waals surface area contributed by atoms with Crippen molar-refractivity contribution in [2.24, 2.45) is 5.92 Å². The number of aliphatic hydroxyl groups is 1. The third kappa shape index (κ3) is 5.57. The van der Waals surface area contributed by atoms with Crippen molar-refractivity contribution < 1.29 is 14.7 Å². The van der Waals surface area contributed by atoms with Crippen LogP contribution in [-0.4, -0.2) is 42.3 Å². The summed E-state index contributed by atoms with van der Waals surface area (Å²) in [7, 11) is 0. The summed E-state index contributed by atoms with van der Waals surface area (Å²) in [5, 5.41) is 17.7. The molecule has 1 rings (SSSR count). The Morgan fingerprint density at radius 3 is 2.63 bits per heavy atom. The third-order valence-corrected chi connectivity index (χ3v) is 3.52. The van der Waals surface area contributed by atoms with Gasteiger partial charge in [-0.3, -0.25) is 10.1 Å². The predicted molar refractivity (Wildman–Crippen MR) is 72.6 cm³/mol. The van der Waals surface area contributed by atoms with Crippen LogP contribution in [0.25, 0.3) is 0 Å². The highest BCUT2D eigenvalue weighted by Gasteiger charge is 2.24. The molecule has 6 nitrogen and oxygen atoms in total. The van der Waals surface area contributed by atoms with Gasteiger partial charge in [-0.15, -0.1) is 0 Å². The third-order valence-electron chi connectivity index (χ3n) is 3.52. The van der Waals surface area contributed by atoms with Crippen LogP contribution in [0.2, 0.25) is 0 Å². The minimum Gasteiger partial charge on any atom is -0.393 e. The van der Waals surface area contributed by atoms with Gasteiger partial charge in [0.2, 0.25) is 5.91 Å². The number of imide groups is 1. The summed E-state index contributed by atoms with van der Waals surface area (Å²) in [6.45, 7) is 4.58. The van der Waals surface area contributed by atoms with Crippen molar-refractivity contribution in [1.82, 2.24) is 16.0 Å². The Balaban J connectivity index is 2.27. The zero-order valence-corrected chi connectivity index (χ0v) is 11.7. The second-order valence-electron chi connectivity index (χ2n) is 5.09. The molecule has 110 valence electrons. The maximum atomic E-state index is 11.7. The lowest BCUT2D eigenvalue weighted by Crippen LogP contribution is -2.49. The first-order chi connectivity index (χ1) is 9.04. The summed E-state index contributed by atoms with van der Waals surface area (Å²) >= 11 is 0. The summed E-state index contributed by atoms with van der Waals surface area (Å²) in [6.07, 6.45) is 3.75. The van der Waals surface area contributed by atoms with Crippen molar-refractivity contribution in [3.63, 3.8) is 0 Å². The zero-order chi connectivity index (χ0) is 14.3. The fraction of sp³-hybridized carbons (Fsp3) is 0.846. The topological polar surface area (TPSA) is 90.5 Å². The molecule has 0 heterocycles. The van der Waals surface area contributed by atoms with Crippen molar-refractivity contribution in [3.8, 4) is 0 Å². The molecule has 0 bridgehead atoms. The van der Waals surface area contributed by atoms with Gasteiger partial charge in [-0.25, -0.2) is 4.79 Å². The van der Waals surface area contributed by atoms with Gasteiger partial charge in [0.05, 0.1) is 12.1 Å². The van der Waals surface area contributed by atoms with Crippen molar-refractivity contribution in [2.75, 3.05) is 13.1 Å². The minimum absolute atomic E-state index is 0.202. The smallest absolute Gasteiger partial charge is 0.321 e. The molecule has 6 heteroatoms. The number of rotatable bonds is 5. The quantitative estimate of drug-likeness (QED) is 0.581. The molecule has 19 heavy (non-hydrogen) atoms. The average molecular weight is 271 g/mol. The van der Waals surface area contributed by atoms with Crippen molar-refractivity contribution in [2.45, 2.75) is 51.7 Å². The normalized spacial score (nSPS) is 24.6. The van der Waals surface area contributed by atoms with E-state index in [4.69, 9.17) is 0 Å². The summed E-state index contributed by atoms with van der Waals surface area (Å²) in [4.78, 5) is 22.9. The predicted octanol–water partition coefficient (Wildman–Crippen LogP) is 0.361.